The van der Waals surface area contributed by atoms with Gasteiger partial charge in [-0.05, 0) is 57.1 Å². The van der Waals surface area contributed by atoms with E-state index in [0.29, 0.717) is 12.1 Å². The summed E-state index contributed by atoms with van der Waals surface area (Å²) in [6.45, 7) is 4.75. The molecule has 2 aromatic rings. The fraction of sp³-hybridized carbons (Fsp3) is 0.435. The Morgan fingerprint density at radius 2 is 1.70 bits per heavy atom. The first-order chi connectivity index (χ1) is 13.1. The number of carbonyl (C=O) groups is 1. The molecule has 0 unspecified atom stereocenters. The van der Waals surface area contributed by atoms with Crippen molar-refractivity contribution in [3.05, 3.63) is 71.3 Å². The SMILES string of the molecule is Cc1ccccc1[C@@H](CNC1CCN(C(=O)c2ccccc2)CC1)N(C)C. The van der Waals surface area contributed by atoms with Crippen LogP contribution >= 0.6 is 0 Å². The zero-order chi connectivity index (χ0) is 19.2. The molecule has 0 aromatic heterocycles. The molecule has 0 aliphatic carbocycles. The molecule has 3 rings (SSSR count). The number of aryl methyl sites for hydroxylation is 1. The summed E-state index contributed by atoms with van der Waals surface area (Å²) in [5, 5.41) is 3.75. The summed E-state index contributed by atoms with van der Waals surface area (Å²) >= 11 is 0. The van der Waals surface area contributed by atoms with E-state index in [4.69, 9.17) is 0 Å². The van der Waals surface area contributed by atoms with Crippen LogP contribution in [0.1, 0.15) is 40.4 Å². The Morgan fingerprint density at radius 1 is 1.07 bits per heavy atom. The van der Waals surface area contributed by atoms with Crippen molar-refractivity contribution in [2.45, 2.75) is 31.8 Å². The van der Waals surface area contributed by atoms with Gasteiger partial charge in [-0.15, -0.1) is 0 Å². The van der Waals surface area contributed by atoms with E-state index in [9.17, 15) is 4.79 Å². The summed E-state index contributed by atoms with van der Waals surface area (Å²) in [7, 11) is 4.28. The normalized spacial score (nSPS) is 16.5. The van der Waals surface area contributed by atoms with Gasteiger partial charge in [0.25, 0.3) is 5.91 Å². The second-order valence-corrected chi connectivity index (χ2v) is 7.68. The molecule has 0 spiro atoms. The Hall–Kier alpha value is -2.17. The average molecular weight is 366 g/mol. The van der Waals surface area contributed by atoms with E-state index in [1.165, 1.54) is 11.1 Å². The highest BCUT2D eigenvalue weighted by Gasteiger charge is 2.24. The molecule has 1 amide bonds. The van der Waals surface area contributed by atoms with Crippen LogP contribution in [0.5, 0.6) is 0 Å². The molecule has 144 valence electrons. The number of likely N-dealkylation sites (tertiary alicyclic amines) is 1. The Balaban J connectivity index is 1.53. The van der Waals surface area contributed by atoms with Crippen LogP contribution in [0.2, 0.25) is 0 Å². The van der Waals surface area contributed by atoms with Crippen molar-refractivity contribution in [1.82, 2.24) is 15.1 Å². The van der Waals surface area contributed by atoms with Crippen LogP contribution in [0.4, 0.5) is 0 Å². The lowest BCUT2D eigenvalue weighted by Crippen LogP contribution is -2.46. The Bertz CT molecular complexity index is 736. The number of likely N-dealkylation sites (N-methyl/N-ethyl adjacent to an activating group) is 1. The van der Waals surface area contributed by atoms with Crippen LogP contribution in [0.25, 0.3) is 0 Å². The van der Waals surface area contributed by atoms with Gasteiger partial charge in [-0.25, -0.2) is 0 Å². The number of piperidine rings is 1. The van der Waals surface area contributed by atoms with Gasteiger partial charge in [0.1, 0.15) is 0 Å². The lowest BCUT2D eigenvalue weighted by molar-refractivity contribution is 0.0703. The van der Waals surface area contributed by atoms with E-state index in [0.717, 1.165) is 38.0 Å². The van der Waals surface area contributed by atoms with E-state index in [1.807, 2.05) is 35.2 Å². The van der Waals surface area contributed by atoms with Crippen molar-refractivity contribution in [2.24, 2.45) is 0 Å². The van der Waals surface area contributed by atoms with Gasteiger partial charge < -0.3 is 15.1 Å². The predicted molar refractivity (Wildman–Crippen MR) is 111 cm³/mol. The van der Waals surface area contributed by atoms with Crippen LogP contribution in [0.3, 0.4) is 0 Å². The summed E-state index contributed by atoms with van der Waals surface area (Å²) in [5.74, 6) is 0.153. The number of carbonyl (C=O) groups excluding carboxylic acids is 1. The monoisotopic (exact) mass is 365 g/mol. The van der Waals surface area contributed by atoms with Gasteiger partial charge in [-0.1, -0.05) is 42.5 Å². The van der Waals surface area contributed by atoms with Crippen LogP contribution in [-0.4, -0.2) is 55.5 Å². The maximum atomic E-state index is 12.6. The molecule has 1 atom stereocenters. The number of amides is 1. The molecule has 0 saturated carbocycles. The molecule has 2 aromatic carbocycles. The standard InChI is InChI=1S/C23H31N3O/c1-18-9-7-8-12-21(18)22(25(2)3)17-24-20-13-15-26(16-14-20)23(27)19-10-5-4-6-11-19/h4-12,20,22,24H,13-17H2,1-3H3/t22-/m1/s1. The first-order valence-corrected chi connectivity index (χ1v) is 9.86. The van der Waals surface area contributed by atoms with E-state index < -0.39 is 0 Å². The number of hydrogen-bond acceptors (Lipinski definition) is 3. The van der Waals surface area contributed by atoms with Crippen molar-refractivity contribution in [2.75, 3.05) is 33.7 Å². The molecule has 0 bridgehead atoms. The minimum absolute atomic E-state index is 0.153. The summed E-state index contributed by atoms with van der Waals surface area (Å²) in [6, 6.07) is 19.0. The summed E-state index contributed by atoms with van der Waals surface area (Å²) < 4.78 is 0. The van der Waals surface area contributed by atoms with Gasteiger partial charge in [0, 0.05) is 37.3 Å². The molecular weight excluding hydrogens is 334 g/mol. The van der Waals surface area contributed by atoms with E-state index in [2.05, 4.69) is 55.5 Å². The minimum Gasteiger partial charge on any atom is -0.339 e. The van der Waals surface area contributed by atoms with Gasteiger partial charge >= 0.3 is 0 Å². The number of hydrogen-bond donors (Lipinski definition) is 1. The third kappa shape index (κ3) is 4.96. The molecule has 4 heteroatoms. The maximum Gasteiger partial charge on any atom is 0.253 e. The topological polar surface area (TPSA) is 35.6 Å². The Morgan fingerprint density at radius 3 is 2.33 bits per heavy atom. The van der Waals surface area contributed by atoms with Gasteiger partial charge in [0.15, 0.2) is 0 Å². The molecule has 4 nitrogen and oxygen atoms in total. The zero-order valence-corrected chi connectivity index (χ0v) is 16.7. The largest absolute Gasteiger partial charge is 0.339 e. The van der Waals surface area contributed by atoms with Crippen LogP contribution in [0, 0.1) is 6.92 Å². The van der Waals surface area contributed by atoms with Crippen molar-refractivity contribution < 1.29 is 4.79 Å². The maximum absolute atomic E-state index is 12.6. The predicted octanol–water partition coefficient (Wildman–Crippen LogP) is 3.49. The smallest absolute Gasteiger partial charge is 0.253 e. The van der Waals surface area contributed by atoms with E-state index in [1.54, 1.807) is 0 Å². The van der Waals surface area contributed by atoms with Gasteiger partial charge in [-0.2, -0.15) is 0 Å². The highest BCUT2D eigenvalue weighted by molar-refractivity contribution is 5.94. The van der Waals surface area contributed by atoms with Crippen molar-refractivity contribution >= 4 is 5.91 Å². The van der Waals surface area contributed by atoms with Crippen molar-refractivity contribution in [3.8, 4) is 0 Å². The Labute approximate surface area is 163 Å². The van der Waals surface area contributed by atoms with Gasteiger partial charge in [0.2, 0.25) is 0 Å². The average Bonchev–Trinajstić information content (AvgIpc) is 2.70. The highest BCUT2D eigenvalue weighted by atomic mass is 16.2. The highest BCUT2D eigenvalue weighted by Crippen LogP contribution is 2.22. The zero-order valence-electron chi connectivity index (χ0n) is 16.7. The number of benzene rings is 2. The quantitative estimate of drug-likeness (QED) is 0.851. The molecule has 1 aliphatic rings. The van der Waals surface area contributed by atoms with Crippen LogP contribution in [0.15, 0.2) is 54.6 Å². The molecule has 1 aliphatic heterocycles. The van der Waals surface area contributed by atoms with Crippen molar-refractivity contribution in [1.29, 1.82) is 0 Å². The van der Waals surface area contributed by atoms with Crippen LogP contribution < -0.4 is 5.32 Å². The lowest BCUT2D eigenvalue weighted by Gasteiger charge is -2.34. The number of nitrogens with zero attached hydrogens (tertiary/aromatic N) is 2. The molecule has 0 radical (unpaired) electrons. The third-order valence-corrected chi connectivity index (χ3v) is 5.57. The van der Waals surface area contributed by atoms with E-state index in [-0.39, 0.29) is 5.91 Å². The lowest BCUT2D eigenvalue weighted by atomic mass is 9.99. The van der Waals surface area contributed by atoms with E-state index >= 15 is 0 Å². The molecular formula is C23H31N3O. The van der Waals surface area contributed by atoms with Crippen molar-refractivity contribution in [3.63, 3.8) is 0 Å². The first kappa shape index (κ1) is 19.6. The second-order valence-electron chi connectivity index (χ2n) is 7.68. The fourth-order valence-corrected chi connectivity index (χ4v) is 3.86. The molecule has 1 heterocycles. The Kier molecular flexibility index (Phi) is 6.64. The summed E-state index contributed by atoms with van der Waals surface area (Å²) in [5.41, 5.74) is 3.50. The fourth-order valence-electron chi connectivity index (χ4n) is 3.86. The molecule has 1 saturated heterocycles. The first-order valence-electron chi connectivity index (χ1n) is 9.86. The minimum atomic E-state index is 0.153. The van der Waals surface area contributed by atoms with Gasteiger partial charge in [-0.3, -0.25) is 4.79 Å². The molecule has 1 fully saturated rings. The number of nitrogens with one attached hydrogen (secondary N) is 1. The van der Waals surface area contributed by atoms with Crippen LogP contribution in [-0.2, 0) is 0 Å². The summed E-state index contributed by atoms with van der Waals surface area (Å²) in [4.78, 5) is 16.8. The third-order valence-electron chi connectivity index (χ3n) is 5.57. The number of rotatable bonds is 6. The summed E-state index contributed by atoms with van der Waals surface area (Å²) in [6.07, 6.45) is 2.01. The van der Waals surface area contributed by atoms with Gasteiger partial charge in [0.05, 0.1) is 0 Å². The second kappa shape index (κ2) is 9.16. The molecule has 1 N–H and O–H groups in total. The molecule has 27 heavy (non-hydrogen) atoms.